The Morgan fingerprint density at radius 3 is 3.20 bits per heavy atom. The van der Waals surface area contributed by atoms with Crippen molar-refractivity contribution in [2.45, 2.75) is 0 Å². The van der Waals surface area contributed by atoms with Gasteiger partial charge in [-0.05, 0) is 12.1 Å². The van der Waals surface area contributed by atoms with Crippen molar-refractivity contribution < 1.29 is 4.74 Å². The summed E-state index contributed by atoms with van der Waals surface area (Å²) in [6.45, 7) is 0. The third kappa shape index (κ3) is 1.57. The van der Waals surface area contributed by atoms with E-state index >= 15 is 0 Å². The molecule has 0 bridgehead atoms. The zero-order valence-electron chi connectivity index (χ0n) is 7.68. The third-order valence-corrected chi connectivity index (χ3v) is 2.68. The van der Waals surface area contributed by atoms with E-state index in [0.717, 1.165) is 16.7 Å². The average Bonchev–Trinajstić information content (AvgIpc) is 2.87. The second-order valence-electron chi connectivity index (χ2n) is 3.02. The van der Waals surface area contributed by atoms with Crippen molar-refractivity contribution in [3.05, 3.63) is 36.0 Å². The maximum atomic E-state index is 5.56. The van der Waals surface area contributed by atoms with Crippen LogP contribution in [0.3, 0.4) is 0 Å². The smallest absolute Gasteiger partial charge is 0.278 e. The van der Waals surface area contributed by atoms with Crippen LogP contribution in [0.5, 0.6) is 10.9 Å². The number of fused-ring (bicyclic) bond motifs is 1. The first-order valence-corrected chi connectivity index (χ1v) is 5.30. The molecule has 0 fully saturated rings. The molecule has 4 nitrogen and oxygen atoms in total. The summed E-state index contributed by atoms with van der Waals surface area (Å²) in [5.41, 5.74) is 0.962. The Hall–Kier alpha value is -1.88. The summed E-state index contributed by atoms with van der Waals surface area (Å²) in [6, 6.07) is 5.77. The number of hydrogen-bond acceptors (Lipinski definition) is 4. The first-order chi connectivity index (χ1) is 7.42. The van der Waals surface area contributed by atoms with Crippen molar-refractivity contribution in [2.75, 3.05) is 0 Å². The van der Waals surface area contributed by atoms with Gasteiger partial charge < -0.3 is 4.74 Å². The molecule has 2 aromatic heterocycles. The number of nitrogens with zero attached hydrogens (tertiary/aromatic N) is 2. The van der Waals surface area contributed by atoms with Gasteiger partial charge in [0.15, 0.2) is 0 Å². The van der Waals surface area contributed by atoms with E-state index < -0.39 is 0 Å². The van der Waals surface area contributed by atoms with Crippen LogP contribution >= 0.6 is 11.3 Å². The van der Waals surface area contributed by atoms with E-state index in [0.29, 0.717) is 5.19 Å². The Labute approximate surface area is 89.5 Å². The Balaban J connectivity index is 1.97. The third-order valence-electron chi connectivity index (χ3n) is 2.03. The number of hydrogen-bond donors (Lipinski definition) is 1. The molecule has 0 spiro atoms. The predicted octanol–water partition coefficient (Wildman–Crippen LogP) is 2.81. The highest BCUT2D eigenvalue weighted by molar-refractivity contribution is 7.11. The maximum absolute atomic E-state index is 5.56. The van der Waals surface area contributed by atoms with Crippen molar-refractivity contribution in [1.82, 2.24) is 15.2 Å². The van der Waals surface area contributed by atoms with Crippen LogP contribution in [0.2, 0.25) is 0 Å². The van der Waals surface area contributed by atoms with Crippen LogP contribution in [0.4, 0.5) is 0 Å². The molecule has 0 atom stereocenters. The Kier molecular flexibility index (Phi) is 1.89. The maximum Gasteiger partial charge on any atom is 0.278 e. The van der Waals surface area contributed by atoms with Crippen molar-refractivity contribution >= 4 is 22.2 Å². The molecule has 0 unspecified atom stereocenters. The van der Waals surface area contributed by atoms with E-state index in [4.69, 9.17) is 4.74 Å². The number of aromatic amines is 1. The Bertz CT molecular complexity index is 573. The standard InChI is InChI=1S/C10H7N3OS/c1-2-8(14-10-11-3-4-15-10)5-9-7(1)6-12-13-9/h1-6H,(H,12,13). The van der Waals surface area contributed by atoms with Gasteiger partial charge in [0, 0.05) is 23.0 Å². The molecule has 0 aliphatic carbocycles. The normalized spacial score (nSPS) is 10.7. The largest absolute Gasteiger partial charge is 0.431 e. The van der Waals surface area contributed by atoms with E-state index in [9.17, 15) is 0 Å². The molecule has 15 heavy (non-hydrogen) atoms. The summed E-state index contributed by atoms with van der Waals surface area (Å²) in [7, 11) is 0. The number of rotatable bonds is 2. The molecule has 0 saturated heterocycles. The van der Waals surface area contributed by atoms with Gasteiger partial charge >= 0.3 is 0 Å². The minimum Gasteiger partial charge on any atom is -0.431 e. The van der Waals surface area contributed by atoms with E-state index in [1.165, 1.54) is 11.3 Å². The highest BCUT2D eigenvalue weighted by atomic mass is 32.1. The Morgan fingerprint density at radius 2 is 2.33 bits per heavy atom. The van der Waals surface area contributed by atoms with Gasteiger partial charge in [-0.2, -0.15) is 5.10 Å². The summed E-state index contributed by atoms with van der Waals surface area (Å²) in [6.07, 6.45) is 3.50. The molecule has 3 rings (SSSR count). The van der Waals surface area contributed by atoms with E-state index in [-0.39, 0.29) is 0 Å². The van der Waals surface area contributed by atoms with Crippen LogP contribution in [-0.2, 0) is 0 Å². The predicted molar refractivity (Wildman–Crippen MR) is 58.3 cm³/mol. The van der Waals surface area contributed by atoms with Gasteiger partial charge in [0.05, 0.1) is 11.7 Å². The van der Waals surface area contributed by atoms with E-state index in [1.807, 2.05) is 23.6 Å². The van der Waals surface area contributed by atoms with Crippen LogP contribution in [0.25, 0.3) is 10.9 Å². The number of thiazole rings is 1. The van der Waals surface area contributed by atoms with Gasteiger partial charge in [-0.15, -0.1) is 0 Å². The number of ether oxygens (including phenoxy) is 1. The molecule has 5 heteroatoms. The van der Waals surface area contributed by atoms with Gasteiger partial charge in [-0.1, -0.05) is 11.3 Å². The molecule has 0 saturated carbocycles. The van der Waals surface area contributed by atoms with Gasteiger partial charge in [-0.25, -0.2) is 4.98 Å². The van der Waals surface area contributed by atoms with Crippen molar-refractivity contribution in [1.29, 1.82) is 0 Å². The second-order valence-corrected chi connectivity index (χ2v) is 3.88. The molecule has 1 aromatic carbocycles. The molecule has 0 aliphatic rings. The van der Waals surface area contributed by atoms with Gasteiger partial charge in [0.1, 0.15) is 5.75 Å². The average molecular weight is 217 g/mol. The fraction of sp³-hybridized carbons (Fsp3) is 0. The molecule has 0 amide bonds. The second kappa shape index (κ2) is 3.36. The lowest BCUT2D eigenvalue weighted by Gasteiger charge is -2.00. The lowest BCUT2D eigenvalue weighted by Crippen LogP contribution is -1.82. The molecule has 2 heterocycles. The van der Waals surface area contributed by atoms with Gasteiger partial charge in [0.2, 0.25) is 0 Å². The van der Waals surface area contributed by atoms with Crippen LogP contribution in [0, 0.1) is 0 Å². The molecular weight excluding hydrogens is 210 g/mol. The summed E-state index contributed by atoms with van der Waals surface area (Å²) in [5, 5.41) is 10.4. The monoisotopic (exact) mass is 217 g/mol. The molecule has 0 radical (unpaired) electrons. The fourth-order valence-electron chi connectivity index (χ4n) is 1.34. The number of aromatic nitrogens is 3. The van der Waals surface area contributed by atoms with Crippen molar-refractivity contribution in [3.63, 3.8) is 0 Å². The molecular formula is C10H7N3OS. The summed E-state index contributed by atoms with van der Waals surface area (Å²) >= 11 is 1.47. The highest BCUT2D eigenvalue weighted by Gasteiger charge is 2.01. The summed E-state index contributed by atoms with van der Waals surface area (Å²) in [5.74, 6) is 0.765. The first kappa shape index (κ1) is 8.43. The van der Waals surface area contributed by atoms with Gasteiger partial charge in [0.25, 0.3) is 5.19 Å². The Morgan fingerprint density at radius 1 is 1.33 bits per heavy atom. The van der Waals surface area contributed by atoms with Crippen molar-refractivity contribution in [3.8, 4) is 10.9 Å². The molecule has 74 valence electrons. The van der Waals surface area contributed by atoms with Gasteiger partial charge in [-0.3, -0.25) is 5.10 Å². The van der Waals surface area contributed by atoms with E-state index in [2.05, 4.69) is 15.2 Å². The lowest BCUT2D eigenvalue weighted by molar-refractivity contribution is 0.479. The lowest BCUT2D eigenvalue weighted by atomic mass is 10.2. The molecule has 3 aromatic rings. The van der Waals surface area contributed by atoms with Crippen LogP contribution < -0.4 is 4.74 Å². The first-order valence-electron chi connectivity index (χ1n) is 4.42. The minimum atomic E-state index is 0.647. The number of nitrogens with one attached hydrogen (secondary N) is 1. The van der Waals surface area contributed by atoms with Crippen LogP contribution in [-0.4, -0.2) is 15.2 Å². The van der Waals surface area contributed by atoms with Crippen LogP contribution in [0.1, 0.15) is 0 Å². The zero-order chi connectivity index (χ0) is 10.1. The molecule has 0 aliphatic heterocycles. The molecule has 1 N–H and O–H groups in total. The number of H-pyrrole nitrogens is 1. The topological polar surface area (TPSA) is 50.8 Å². The quantitative estimate of drug-likeness (QED) is 0.718. The summed E-state index contributed by atoms with van der Waals surface area (Å²) < 4.78 is 5.56. The van der Waals surface area contributed by atoms with Crippen LogP contribution in [0.15, 0.2) is 36.0 Å². The van der Waals surface area contributed by atoms with E-state index in [1.54, 1.807) is 12.4 Å². The number of benzene rings is 1. The zero-order valence-corrected chi connectivity index (χ0v) is 8.49. The fourth-order valence-corrected chi connectivity index (χ4v) is 1.85. The van der Waals surface area contributed by atoms with Crippen molar-refractivity contribution in [2.24, 2.45) is 0 Å². The highest BCUT2D eigenvalue weighted by Crippen LogP contribution is 2.25. The minimum absolute atomic E-state index is 0.647. The SMILES string of the molecule is c1csc(Oc2ccc3cn[nH]c3c2)n1. The summed E-state index contributed by atoms with van der Waals surface area (Å²) in [4.78, 5) is 4.05.